The minimum atomic E-state index is -3.64. The van der Waals surface area contributed by atoms with Crippen LogP contribution in [0.1, 0.15) is 25.3 Å². The first-order chi connectivity index (χ1) is 13.4. The van der Waals surface area contributed by atoms with E-state index < -0.39 is 10.0 Å². The molecule has 1 aliphatic rings. The molecule has 1 N–H and O–H groups in total. The van der Waals surface area contributed by atoms with Crippen LogP contribution >= 0.6 is 0 Å². The van der Waals surface area contributed by atoms with Crippen LogP contribution in [0.3, 0.4) is 0 Å². The third-order valence-corrected chi connectivity index (χ3v) is 6.73. The molecular weight excluding hydrogens is 376 g/mol. The molecule has 0 unspecified atom stereocenters. The summed E-state index contributed by atoms with van der Waals surface area (Å²) >= 11 is 0. The Morgan fingerprint density at radius 2 is 1.82 bits per heavy atom. The zero-order chi connectivity index (χ0) is 20.1. The lowest BCUT2D eigenvalue weighted by Crippen LogP contribution is -2.43. The van der Waals surface area contributed by atoms with Gasteiger partial charge in [0.15, 0.2) is 0 Å². The van der Waals surface area contributed by atoms with Crippen molar-refractivity contribution in [1.82, 2.24) is 4.31 Å². The van der Waals surface area contributed by atoms with Crippen molar-refractivity contribution in [2.75, 3.05) is 25.0 Å². The number of piperidine rings is 1. The van der Waals surface area contributed by atoms with Crippen molar-refractivity contribution < 1.29 is 17.9 Å². The number of benzene rings is 2. The first-order valence-corrected chi connectivity index (χ1v) is 10.9. The molecule has 0 aliphatic carbocycles. The fourth-order valence-electron chi connectivity index (χ4n) is 3.28. The maximum atomic E-state index is 13.0. The Labute approximate surface area is 166 Å². The largest absolute Gasteiger partial charge is 0.494 e. The summed E-state index contributed by atoms with van der Waals surface area (Å²) in [7, 11) is -3.64. The lowest BCUT2D eigenvalue weighted by atomic mass is 9.98. The van der Waals surface area contributed by atoms with Gasteiger partial charge in [-0.25, -0.2) is 8.42 Å². The van der Waals surface area contributed by atoms with Crippen LogP contribution in [-0.4, -0.2) is 38.3 Å². The zero-order valence-corrected chi connectivity index (χ0v) is 17.0. The number of ether oxygens (including phenoxy) is 1. The molecule has 1 atom stereocenters. The van der Waals surface area contributed by atoms with Crippen LogP contribution in [0.4, 0.5) is 5.69 Å². The topological polar surface area (TPSA) is 75.7 Å². The minimum absolute atomic E-state index is 0.143. The summed E-state index contributed by atoms with van der Waals surface area (Å²) < 4.78 is 32.7. The van der Waals surface area contributed by atoms with Crippen molar-refractivity contribution in [2.45, 2.75) is 31.6 Å². The molecule has 1 amide bonds. The Hall–Kier alpha value is -2.38. The van der Waals surface area contributed by atoms with Crippen LogP contribution in [0.2, 0.25) is 0 Å². The molecule has 1 saturated heterocycles. The molecule has 2 aromatic carbocycles. The summed E-state index contributed by atoms with van der Waals surface area (Å²) in [5, 5.41) is 2.90. The summed E-state index contributed by atoms with van der Waals surface area (Å²) in [6.45, 7) is 4.99. The van der Waals surface area contributed by atoms with E-state index in [4.69, 9.17) is 4.74 Å². The van der Waals surface area contributed by atoms with Crippen LogP contribution in [0.25, 0.3) is 0 Å². The molecule has 6 nitrogen and oxygen atoms in total. The molecule has 2 aromatic rings. The normalized spacial score (nSPS) is 17.9. The number of carbonyl (C=O) groups is 1. The quantitative estimate of drug-likeness (QED) is 0.803. The van der Waals surface area contributed by atoms with Gasteiger partial charge in [0.2, 0.25) is 15.9 Å². The number of aryl methyl sites for hydroxylation is 1. The highest BCUT2D eigenvalue weighted by molar-refractivity contribution is 7.89. The van der Waals surface area contributed by atoms with E-state index in [0.29, 0.717) is 31.7 Å². The maximum absolute atomic E-state index is 13.0. The highest BCUT2D eigenvalue weighted by atomic mass is 32.2. The molecule has 150 valence electrons. The first-order valence-electron chi connectivity index (χ1n) is 9.50. The number of nitrogens with one attached hydrogen (secondary N) is 1. The molecule has 0 bridgehead atoms. The Morgan fingerprint density at radius 1 is 1.14 bits per heavy atom. The molecule has 0 spiro atoms. The minimum Gasteiger partial charge on any atom is -0.494 e. The maximum Gasteiger partial charge on any atom is 0.243 e. The molecule has 1 fully saturated rings. The number of carbonyl (C=O) groups excluding carboxylic acids is 1. The van der Waals surface area contributed by atoms with Gasteiger partial charge in [0.25, 0.3) is 0 Å². The highest BCUT2D eigenvalue weighted by Gasteiger charge is 2.33. The predicted octanol–water partition coefficient (Wildman–Crippen LogP) is 3.43. The Morgan fingerprint density at radius 3 is 2.46 bits per heavy atom. The van der Waals surface area contributed by atoms with Gasteiger partial charge < -0.3 is 10.1 Å². The molecule has 0 radical (unpaired) electrons. The summed E-state index contributed by atoms with van der Waals surface area (Å²) in [4.78, 5) is 12.8. The third-order valence-electron chi connectivity index (χ3n) is 4.85. The lowest BCUT2D eigenvalue weighted by molar-refractivity contribution is -0.120. The number of sulfonamides is 1. The number of rotatable bonds is 6. The highest BCUT2D eigenvalue weighted by Crippen LogP contribution is 2.26. The summed E-state index contributed by atoms with van der Waals surface area (Å²) in [6.07, 6.45) is 1.33. The van der Waals surface area contributed by atoms with Gasteiger partial charge in [0.1, 0.15) is 5.75 Å². The fourth-order valence-corrected chi connectivity index (χ4v) is 4.80. The van der Waals surface area contributed by atoms with Crippen molar-refractivity contribution in [3.8, 4) is 5.75 Å². The second kappa shape index (κ2) is 8.75. The average Bonchev–Trinajstić information content (AvgIpc) is 2.70. The van der Waals surface area contributed by atoms with E-state index >= 15 is 0 Å². The molecule has 1 aliphatic heterocycles. The van der Waals surface area contributed by atoms with Crippen LogP contribution in [0, 0.1) is 12.8 Å². The SMILES string of the molecule is CCOc1ccc(S(=O)(=O)N2CCC[C@@H](C(=O)Nc3ccc(C)cc3)C2)cc1. The monoisotopic (exact) mass is 402 g/mol. The number of hydrogen-bond donors (Lipinski definition) is 1. The van der Waals surface area contributed by atoms with Gasteiger partial charge in [0.05, 0.1) is 17.4 Å². The van der Waals surface area contributed by atoms with E-state index in [0.717, 1.165) is 11.3 Å². The second-order valence-corrected chi connectivity index (χ2v) is 8.90. The van der Waals surface area contributed by atoms with Gasteiger partial charge in [-0.2, -0.15) is 4.31 Å². The predicted molar refractivity (Wildman–Crippen MR) is 109 cm³/mol. The van der Waals surface area contributed by atoms with Gasteiger partial charge >= 0.3 is 0 Å². The number of nitrogens with zero attached hydrogens (tertiary/aromatic N) is 1. The third kappa shape index (κ3) is 4.72. The zero-order valence-electron chi connectivity index (χ0n) is 16.2. The number of amides is 1. The molecule has 7 heteroatoms. The summed E-state index contributed by atoms with van der Waals surface area (Å²) in [6, 6.07) is 14.0. The molecular formula is C21H26N2O4S. The van der Waals surface area contributed by atoms with Crippen LogP contribution < -0.4 is 10.1 Å². The van der Waals surface area contributed by atoms with E-state index in [-0.39, 0.29) is 23.3 Å². The van der Waals surface area contributed by atoms with Gasteiger partial charge in [-0.15, -0.1) is 0 Å². The van der Waals surface area contributed by atoms with Crippen molar-refractivity contribution >= 4 is 21.6 Å². The van der Waals surface area contributed by atoms with Gasteiger partial charge in [0, 0.05) is 18.8 Å². The number of anilines is 1. The van der Waals surface area contributed by atoms with E-state index in [1.807, 2.05) is 38.1 Å². The van der Waals surface area contributed by atoms with E-state index in [2.05, 4.69) is 5.32 Å². The molecule has 1 heterocycles. The van der Waals surface area contributed by atoms with E-state index in [9.17, 15) is 13.2 Å². The number of hydrogen-bond acceptors (Lipinski definition) is 4. The van der Waals surface area contributed by atoms with E-state index in [1.54, 1.807) is 24.3 Å². The van der Waals surface area contributed by atoms with Gasteiger partial charge in [-0.05, 0) is 63.1 Å². The van der Waals surface area contributed by atoms with Crippen molar-refractivity contribution in [2.24, 2.45) is 5.92 Å². The standard InChI is InChI=1S/C21H26N2O4S/c1-3-27-19-10-12-20(13-11-19)28(25,26)23-14-4-5-17(15-23)21(24)22-18-8-6-16(2)7-9-18/h6-13,17H,3-5,14-15H2,1-2H3,(H,22,24)/t17-/m1/s1. The van der Waals surface area contributed by atoms with Crippen LogP contribution in [0.15, 0.2) is 53.4 Å². The van der Waals surface area contributed by atoms with E-state index in [1.165, 1.54) is 4.31 Å². The second-order valence-electron chi connectivity index (χ2n) is 6.96. The van der Waals surface area contributed by atoms with Crippen molar-refractivity contribution in [3.63, 3.8) is 0 Å². The fraction of sp³-hybridized carbons (Fsp3) is 0.381. The van der Waals surface area contributed by atoms with Crippen LogP contribution in [0.5, 0.6) is 5.75 Å². The molecule has 28 heavy (non-hydrogen) atoms. The molecule has 0 aromatic heterocycles. The summed E-state index contributed by atoms with van der Waals surface area (Å²) in [5.74, 6) is 0.124. The molecule has 0 saturated carbocycles. The smallest absolute Gasteiger partial charge is 0.243 e. The Balaban J connectivity index is 1.69. The lowest BCUT2D eigenvalue weighted by Gasteiger charge is -2.31. The van der Waals surface area contributed by atoms with Crippen molar-refractivity contribution in [3.05, 3.63) is 54.1 Å². The Bertz CT molecular complexity index is 908. The van der Waals surface area contributed by atoms with Crippen molar-refractivity contribution in [1.29, 1.82) is 0 Å². The average molecular weight is 403 g/mol. The van der Waals surface area contributed by atoms with Gasteiger partial charge in [-0.1, -0.05) is 17.7 Å². The first kappa shape index (κ1) is 20.4. The van der Waals surface area contributed by atoms with Gasteiger partial charge in [-0.3, -0.25) is 4.79 Å². The summed E-state index contributed by atoms with van der Waals surface area (Å²) in [5.41, 5.74) is 1.84. The molecule has 3 rings (SSSR count). The van der Waals surface area contributed by atoms with Crippen LogP contribution in [-0.2, 0) is 14.8 Å². The Kier molecular flexibility index (Phi) is 6.36.